The van der Waals surface area contributed by atoms with Crippen LogP contribution in [0.2, 0.25) is 0 Å². The van der Waals surface area contributed by atoms with Gasteiger partial charge in [0.2, 0.25) is 5.95 Å². The van der Waals surface area contributed by atoms with E-state index in [-0.39, 0.29) is 11.3 Å². The Hall–Kier alpha value is -4.54. The first-order chi connectivity index (χ1) is 16.8. The predicted octanol–water partition coefficient (Wildman–Crippen LogP) is 5.18. The summed E-state index contributed by atoms with van der Waals surface area (Å²) in [5.41, 5.74) is 3.33. The number of aryl methyl sites for hydroxylation is 1. The highest BCUT2D eigenvalue weighted by Gasteiger charge is 2.28. The van der Waals surface area contributed by atoms with Crippen LogP contribution in [-0.4, -0.2) is 38.6 Å². The van der Waals surface area contributed by atoms with Crippen molar-refractivity contribution < 1.29 is 22.7 Å². The summed E-state index contributed by atoms with van der Waals surface area (Å²) >= 11 is 0. The summed E-state index contributed by atoms with van der Waals surface area (Å²) < 4.78 is 41.9. The number of carbonyl (C=O) groups is 1. The molecule has 8 nitrogen and oxygen atoms in total. The van der Waals surface area contributed by atoms with Crippen molar-refractivity contribution in [2.75, 3.05) is 17.2 Å². The Bertz CT molecular complexity index is 1330. The van der Waals surface area contributed by atoms with Gasteiger partial charge >= 0.3 is 6.18 Å². The summed E-state index contributed by atoms with van der Waals surface area (Å²) in [5.74, 6) is -0.228. The van der Waals surface area contributed by atoms with Gasteiger partial charge < -0.3 is 15.4 Å². The Balaban J connectivity index is 1.48. The Morgan fingerprint density at radius 1 is 1.00 bits per heavy atom. The molecule has 0 aliphatic carbocycles. The first-order valence-electron chi connectivity index (χ1n) is 10.3. The van der Waals surface area contributed by atoms with Gasteiger partial charge in [-0.25, -0.2) is 9.97 Å². The van der Waals surface area contributed by atoms with Crippen LogP contribution < -0.4 is 15.4 Å². The monoisotopic (exact) mass is 480 g/mol. The highest BCUT2D eigenvalue weighted by molar-refractivity contribution is 6.04. The number of aromatic nitrogens is 4. The fourth-order valence-electron chi connectivity index (χ4n) is 3.04. The number of carbonyl (C=O) groups excluding carboxylic acids is 1. The number of hydrogen-bond acceptors (Lipinski definition) is 7. The van der Waals surface area contributed by atoms with E-state index in [0.717, 1.165) is 5.56 Å². The van der Waals surface area contributed by atoms with Gasteiger partial charge in [-0.3, -0.25) is 14.8 Å². The lowest BCUT2D eigenvalue weighted by Crippen LogP contribution is -2.19. The third-order valence-corrected chi connectivity index (χ3v) is 4.72. The van der Waals surface area contributed by atoms with Crippen LogP contribution in [0.15, 0.2) is 73.3 Å². The third kappa shape index (κ3) is 6.50. The van der Waals surface area contributed by atoms with Gasteiger partial charge in [0.25, 0.3) is 5.91 Å². The number of rotatable bonds is 7. The fourth-order valence-corrected chi connectivity index (χ4v) is 3.04. The normalized spacial score (nSPS) is 11.1. The van der Waals surface area contributed by atoms with Crippen LogP contribution >= 0.6 is 0 Å². The fraction of sp³-hybridized carbons (Fsp3) is 0.125. The molecule has 4 aromatic rings. The van der Waals surface area contributed by atoms with Gasteiger partial charge in [-0.05, 0) is 48.9 Å². The molecule has 11 heteroatoms. The molecule has 0 aliphatic heterocycles. The molecule has 0 spiro atoms. The average Bonchev–Trinajstić information content (AvgIpc) is 2.85. The number of hydrogen-bond donors (Lipinski definition) is 2. The number of benzene rings is 2. The SMILES string of the molecule is Cc1ccc(NC(=O)c2cccc(OCC(F)(F)F)c2)cc1Nc1nccc(-c2cnccn2)n1. The second-order valence-corrected chi connectivity index (χ2v) is 7.40. The zero-order valence-electron chi connectivity index (χ0n) is 18.4. The zero-order valence-corrected chi connectivity index (χ0v) is 18.4. The number of alkyl halides is 3. The van der Waals surface area contributed by atoms with E-state index in [1.54, 1.807) is 49.1 Å². The third-order valence-electron chi connectivity index (χ3n) is 4.72. The molecular weight excluding hydrogens is 461 g/mol. The minimum atomic E-state index is -4.47. The Morgan fingerprint density at radius 2 is 1.86 bits per heavy atom. The second-order valence-electron chi connectivity index (χ2n) is 7.40. The molecule has 0 fully saturated rings. The number of nitrogens with one attached hydrogen (secondary N) is 2. The lowest BCUT2D eigenvalue weighted by atomic mass is 10.1. The Labute approximate surface area is 198 Å². The van der Waals surface area contributed by atoms with Gasteiger partial charge in [-0.1, -0.05) is 12.1 Å². The molecule has 178 valence electrons. The maximum atomic E-state index is 12.7. The molecule has 2 aromatic heterocycles. The van der Waals surface area contributed by atoms with E-state index in [4.69, 9.17) is 4.74 Å². The molecule has 0 bridgehead atoms. The van der Waals surface area contributed by atoms with E-state index < -0.39 is 18.7 Å². The van der Waals surface area contributed by atoms with Crippen LogP contribution in [0.1, 0.15) is 15.9 Å². The Kier molecular flexibility index (Phi) is 6.86. The van der Waals surface area contributed by atoms with E-state index in [1.807, 2.05) is 6.92 Å². The smallest absolute Gasteiger partial charge is 0.422 e. The number of ether oxygens (including phenoxy) is 1. The standard InChI is InChI=1S/C24H19F3N6O2/c1-15-5-6-17(31-22(34)16-3-2-4-18(11-16)35-14-24(25,26)27)12-20(15)33-23-30-8-7-19(32-23)21-13-28-9-10-29-21/h2-13H,14H2,1H3,(H,31,34)(H,30,32,33). The summed E-state index contributed by atoms with van der Waals surface area (Å²) in [6.07, 6.45) is 1.85. The highest BCUT2D eigenvalue weighted by Crippen LogP contribution is 2.25. The van der Waals surface area contributed by atoms with Gasteiger partial charge in [-0.2, -0.15) is 13.2 Å². The first-order valence-corrected chi connectivity index (χ1v) is 10.3. The van der Waals surface area contributed by atoms with E-state index in [1.165, 1.54) is 24.3 Å². The molecule has 0 saturated heterocycles. The quantitative estimate of drug-likeness (QED) is 0.376. The molecule has 2 aromatic carbocycles. The lowest BCUT2D eigenvalue weighted by Gasteiger charge is -2.13. The molecule has 0 saturated carbocycles. The summed E-state index contributed by atoms with van der Waals surface area (Å²) in [4.78, 5) is 29.6. The van der Waals surface area contributed by atoms with Gasteiger partial charge in [0.05, 0.1) is 11.9 Å². The van der Waals surface area contributed by atoms with Gasteiger partial charge in [0, 0.05) is 35.5 Å². The molecule has 4 rings (SSSR count). The zero-order chi connectivity index (χ0) is 24.8. The predicted molar refractivity (Wildman–Crippen MR) is 123 cm³/mol. The molecule has 2 N–H and O–H groups in total. The number of amides is 1. The summed E-state index contributed by atoms with van der Waals surface area (Å²) in [6, 6.07) is 12.5. The molecule has 2 heterocycles. The van der Waals surface area contributed by atoms with Crippen LogP contribution in [0.4, 0.5) is 30.5 Å². The molecular formula is C24H19F3N6O2. The first kappa shape index (κ1) is 23.6. The van der Waals surface area contributed by atoms with Crippen molar-refractivity contribution in [3.63, 3.8) is 0 Å². The van der Waals surface area contributed by atoms with Crippen LogP contribution in [0, 0.1) is 6.92 Å². The lowest BCUT2D eigenvalue weighted by molar-refractivity contribution is -0.153. The van der Waals surface area contributed by atoms with E-state index in [9.17, 15) is 18.0 Å². The molecule has 0 unspecified atom stereocenters. The summed E-state index contributed by atoms with van der Waals surface area (Å²) in [5, 5.41) is 5.86. The maximum Gasteiger partial charge on any atom is 0.422 e. The molecule has 0 aliphatic rings. The average molecular weight is 480 g/mol. The molecule has 0 radical (unpaired) electrons. The maximum absolute atomic E-state index is 12.7. The molecule has 35 heavy (non-hydrogen) atoms. The van der Waals surface area contributed by atoms with Gasteiger partial charge in [0.15, 0.2) is 6.61 Å². The van der Waals surface area contributed by atoms with E-state index in [2.05, 4.69) is 30.6 Å². The second kappa shape index (κ2) is 10.2. The highest BCUT2D eigenvalue weighted by atomic mass is 19.4. The largest absolute Gasteiger partial charge is 0.484 e. The van der Waals surface area contributed by atoms with Crippen molar-refractivity contribution in [3.8, 4) is 17.1 Å². The number of anilines is 3. The molecule has 0 atom stereocenters. The van der Waals surface area contributed by atoms with Crippen LogP contribution in [0.5, 0.6) is 5.75 Å². The van der Waals surface area contributed by atoms with Crippen LogP contribution in [0.25, 0.3) is 11.4 Å². The van der Waals surface area contributed by atoms with Crippen molar-refractivity contribution in [3.05, 3.63) is 84.4 Å². The van der Waals surface area contributed by atoms with Crippen molar-refractivity contribution in [2.24, 2.45) is 0 Å². The molecule has 1 amide bonds. The summed E-state index contributed by atoms with van der Waals surface area (Å²) in [6.45, 7) is 0.438. The number of nitrogens with zero attached hydrogens (tertiary/aromatic N) is 4. The van der Waals surface area contributed by atoms with E-state index >= 15 is 0 Å². The van der Waals surface area contributed by atoms with E-state index in [0.29, 0.717) is 28.7 Å². The van der Waals surface area contributed by atoms with Crippen LogP contribution in [0.3, 0.4) is 0 Å². The topological polar surface area (TPSA) is 102 Å². The minimum absolute atomic E-state index is 0.0543. The Morgan fingerprint density at radius 3 is 2.63 bits per heavy atom. The number of halogens is 3. The summed E-state index contributed by atoms with van der Waals surface area (Å²) in [7, 11) is 0. The van der Waals surface area contributed by atoms with Crippen molar-refractivity contribution in [1.29, 1.82) is 0 Å². The van der Waals surface area contributed by atoms with Crippen molar-refractivity contribution in [2.45, 2.75) is 13.1 Å². The van der Waals surface area contributed by atoms with Gasteiger partial charge in [0.1, 0.15) is 11.4 Å². The van der Waals surface area contributed by atoms with Gasteiger partial charge in [-0.15, -0.1) is 0 Å². The van der Waals surface area contributed by atoms with Crippen molar-refractivity contribution in [1.82, 2.24) is 19.9 Å². The van der Waals surface area contributed by atoms with Crippen molar-refractivity contribution >= 4 is 23.2 Å². The minimum Gasteiger partial charge on any atom is -0.484 e. The van der Waals surface area contributed by atoms with Crippen LogP contribution in [-0.2, 0) is 0 Å².